The van der Waals surface area contributed by atoms with Gasteiger partial charge in [-0.25, -0.2) is 22.8 Å². The van der Waals surface area contributed by atoms with E-state index in [1.807, 2.05) is 0 Å². The van der Waals surface area contributed by atoms with Crippen molar-refractivity contribution in [2.45, 2.75) is 30.0 Å². The van der Waals surface area contributed by atoms with Gasteiger partial charge in [-0.15, -0.1) is 0 Å². The predicted octanol–water partition coefficient (Wildman–Crippen LogP) is 2.71. The lowest BCUT2D eigenvalue weighted by molar-refractivity contribution is -0.129. The number of benzene rings is 1. The van der Waals surface area contributed by atoms with E-state index in [-0.39, 0.29) is 22.3 Å². The summed E-state index contributed by atoms with van der Waals surface area (Å²) in [6.07, 6.45) is 4.80. The van der Waals surface area contributed by atoms with Gasteiger partial charge in [0.1, 0.15) is 11.6 Å². The second-order valence-corrected chi connectivity index (χ2v) is 9.77. The topological polar surface area (TPSA) is 119 Å². The summed E-state index contributed by atoms with van der Waals surface area (Å²) in [5.41, 5.74) is 6.80. The molecule has 0 unspecified atom stereocenters. The van der Waals surface area contributed by atoms with Crippen molar-refractivity contribution < 1.29 is 17.6 Å². The molecule has 0 saturated carbocycles. The lowest BCUT2D eigenvalue weighted by atomic mass is 10.0. The van der Waals surface area contributed by atoms with E-state index in [1.54, 1.807) is 23.1 Å². The van der Waals surface area contributed by atoms with E-state index < -0.39 is 20.9 Å². The molecule has 1 saturated heterocycles. The van der Waals surface area contributed by atoms with Gasteiger partial charge in [0, 0.05) is 37.3 Å². The first-order valence-corrected chi connectivity index (χ1v) is 11.6. The molecule has 2 aromatic heterocycles. The summed E-state index contributed by atoms with van der Waals surface area (Å²) in [7, 11) is -3.78. The molecule has 1 aromatic carbocycles. The van der Waals surface area contributed by atoms with Crippen LogP contribution >= 0.6 is 0 Å². The molecular weight excluding hydrogens is 433 g/mol. The fourth-order valence-corrected chi connectivity index (χ4v) is 5.69. The van der Waals surface area contributed by atoms with Crippen molar-refractivity contribution in [1.29, 1.82) is 0 Å². The molecule has 4 rings (SSSR count). The highest BCUT2D eigenvalue weighted by atomic mass is 32.2. The number of hydrogen-bond acceptors (Lipinski definition) is 7. The average Bonchev–Trinajstić information content (AvgIpc) is 2.80. The summed E-state index contributed by atoms with van der Waals surface area (Å²) in [6, 6.07) is 7.65. The predicted molar refractivity (Wildman–Crippen MR) is 118 cm³/mol. The fraction of sp³-hybridized carbons (Fsp3) is 0.273. The van der Waals surface area contributed by atoms with E-state index in [9.17, 15) is 17.6 Å². The van der Waals surface area contributed by atoms with Crippen molar-refractivity contribution in [3.05, 3.63) is 54.7 Å². The Morgan fingerprint density at radius 1 is 1.09 bits per heavy atom. The van der Waals surface area contributed by atoms with Crippen LogP contribution in [0.5, 0.6) is 0 Å². The molecule has 0 radical (unpaired) electrons. The van der Waals surface area contributed by atoms with Crippen LogP contribution < -0.4 is 5.73 Å². The standard InChI is InChI=1S/C22H22FN5O3S/c1-14(29)28-9-6-16(7-10-28)32(30,31)22-17(3-2-8-25-22)15-4-5-18(19(23)11-15)20-12-27-21(24)13-26-20/h2-5,8,11-13,16H,6-7,9-10H2,1H3,(H2,24,27). The van der Waals surface area contributed by atoms with Crippen LogP contribution in [-0.4, -0.2) is 52.5 Å². The number of sulfone groups is 1. The van der Waals surface area contributed by atoms with Crippen molar-refractivity contribution in [3.63, 3.8) is 0 Å². The molecule has 1 aliphatic rings. The minimum Gasteiger partial charge on any atom is -0.382 e. The van der Waals surface area contributed by atoms with Crippen molar-refractivity contribution in [1.82, 2.24) is 19.9 Å². The Labute approximate surface area is 185 Å². The fourth-order valence-electron chi connectivity index (χ4n) is 3.84. The van der Waals surface area contributed by atoms with Crippen LogP contribution in [0.2, 0.25) is 0 Å². The average molecular weight is 456 g/mol. The zero-order valence-corrected chi connectivity index (χ0v) is 18.2. The Morgan fingerprint density at radius 3 is 2.47 bits per heavy atom. The minimum absolute atomic E-state index is 0.0688. The molecule has 0 atom stereocenters. The van der Waals surface area contributed by atoms with Crippen LogP contribution in [0.1, 0.15) is 19.8 Å². The van der Waals surface area contributed by atoms with Gasteiger partial charge in [-0.1, -0.05) is 6.07 Å². The maximum Gasteiger partial charge on any atom is 0.219 e. The molecule has 1 fully saturated rings. The van der Waals surface area contributed by atoms with Gasteiger partial charge in [0.05, 0.1) is 23.3 Å². The van der Waals surface area contributed by atoms with Crippen LogP contribution in [0.3, 0.4) is 0 Å². The Kier molecular flexibility index (Phi) is 5.88. The van der Waals surface area contributed by atoms with Crippen LogP contribution in [0.15, 0.2) is 53.9 Å². The van der Waals surface area contributed by atoms with Crippen LogP contribution in [0.25, 0.3) is 22.4 Å². The third kappa shape index (κ3) is 4.18. The quantitative estimate of drug-likeness (QED) is 0.642. The largest absolute Gasteiger partial charge is 0.382 e. The molecule has 0 bridgehead atoms. The van der Waals surface area contributed by atoms with Crippen molar-refractivity contribution in [2.75, 3.05) is 18.8 Å². The van der Waals surface area contributed by atoms with E-state index >= 15 is 0 Å². The van der Waals surface area contributed by atoms with Crippen molar-refractivity contribution in [3.8, 4) is 22.4 Å². The van der Waals surface area contributed by atoms with Crippen molar-refractivity contribution in [2.24, 2.45) is 0 Å². The third-order valence-electron chi connectivity index (χ3n) is 5.59. The summed E-state index contributed by atoms with van der Waals surface area (Å²) in [5.74, 6) is -0.408. The molecule has 1 amide bonds. The van der Waals surface area contributed by atoms with Crippen LogP contribution in [0, 0.1) is 5.82 Å². The number of amides is 1. The Bertz CT molecular complexity index is 1260. The van der Waals surface area contributed by atoms with Gasteiger partial charge < -0.3 is 10.6 Å². The zero-order chi connectivity index (χ0) is 22.9. The molecule has 166 valence electrons. The van der Waals surface area contributed by atoms with Gasteiger partial charge in [0.2, 0.25) is 5.91 Å². The SMILES string of the molecule is CC(=O)N1CCC(S(=O)(=O)c2ncccc2-c2ccc(-c3cnc(N)cn3)c(F)c2)CC1. The Hall–Kier alpha value is -3.40. The molecule has 10 heteroatoms. The number of nitrogens with zero attached hydrogens (tertiary/aromatic N) is 4. The van der Waals surface area contributed by atoms with Gasteiger partial charge >= 0.3 is 0 Å². The first-order valence-electron chi connectivity index (χ1n) is 10.1. The van der Waals surface area contributed by atoms with E-state index in [1.165, 1.54) is 37.6 Å². The van der Waals surface area contributed by atoms with Gasteiger partial charge in [0.25, 0.3) is 0 Å². The van der Waals surface area contributed by atoms with Gasteiger partial charge in [-0.3, -0.25) is 9.78 Å². The number of nitrogen functional groups attached to an aromatic ring is 1. The lowest BCUT2D eigenvalue weighted by Gasteiger charge is -2.31. The summed E-state index contributed by atoms with van der Waals surface area (Å²) in [6.45, 7) is 2.24. The summed E-state index contributed by atoms with van der Waals surface area (Å²) < 4.78 is 41.7. The normalized spacial score (nSPS) is 15.0. The number of carbonyl (C=O) groups excluding carboxylic acids is 1. The number of piperidine rings is 1. The first-order chi connectivity index (χ1) is 15.3. The summed E-state index contributed by atoms with van der Waals surface area (Å²) >= 11 is 0. The van der Waals surface area contributed by atoms with Crippen LogP contribution in [0.4, 0.5) is 10.2 Å². The smallest absolute Gasteiger partial charge is 0.219 e. The zero-order valence-electron chi connectivity index (χ0n) is 17.4. The van der Waals surface area contributed by atoms with Crippen LogP contribution in [-0.2, 0) is 14.6 Å². The molecular formula is C22H22FN5O3S. The molecule has 1 aliphatic heterocycles. The molecule has 0 aliphatic carbocycles. The maximum absolute atomic E-state index is 14.9. The summed E-state index contributed by atoms with van der Waals surface area (Å²) in [5, 5.41) is -0.735. The minimum atomic E-state index is -3.78. The highest BCUT2D eigenvalue weighted by Gasteiger charge is 2.34. The second-order valence-electron chi connectivity index (χ2n) is 7.63. The number of nitrogens with two attached hydrogens (primary N) is 1. The lowest BCUT2D eigenvalue weighted by Crippen LogP contribution is -2.41. The van der Waals surface area contributed by atoms with E-state index in [2.05, 4.69) is 15.0 Å². The highest BCUT2D eigenvalue weighted by Crippen LogP contribution is 2.33. The number of likely N-dealkylation sites (tertiary alicyclic amines) is 1. The second kappa shape index (κ2) is 8.62. The number of carbonyl (C=O) groups is 1. The number of aromatic nitrogens is 3. The van der Waals surface area contributed by atoms with Crippen molar-refractivity contribution >= 4 is 21.6 Å². The molecule has 3 heterocycles. The van der Waals surface area contributed by atoms with Gasteiger partial charge in [-0.05, 0) is 42.7 Å². The highest BCUT2D eigenvalue weighted by molar-refractivity contribution is 7.92. The third-order valence-corrected chi connectivity index (χ3v) is 7.81. The molecule has 0 spiro atoms. The molecule has 8 nitrogen and oxygen atoms in total. The number of hydrogen-bond donors (Lipinski definition) is 1. The molecule has 32 heavy (non-hydrogen) atoms. The monoisotopic (exact) mass is 455 g/mol. The van der Waals surface area contributed by atoms with Gasteiger partial charge in [0.15, 0.2) is 14.9 Å². The first kappa shape index (κ1) is 21.8. The molecule has 2 N–H and O–H groups in total. The van der Waals surface area contributed by atoms with E-state index in [0.29, 0.717) is 42.8 Å². The Morgan fingerprint density at radius 2 is 1.84 bits per heavy atom. The number of rotatable bonds is 4. The Balaban J connectivity index is 1.67. The van der Waals surface area contributed by atoms with E-state index in [0.717, 1.165) is 0 Å². The number of anilines is 1. The van der Waals surface area contributed by atoms with Gasteiger partial charge in [-0.2, -0.15) is 0 Å². The molecule has 3 aromatic rings. The maximum atomic E-state index is 14.9. The summed E-state index contributed by atoms with van der Waals surface area (Å²) in [4.78, 5) is 25.4. The number of halogens is 1. The number of pyridine rings is 1. The van der Waals surface area contributed by atoms with E-state index in [4.69, 9.17) is 5.73 Å².